The molecule has 1 aliphatic heterocycles. The molecular weight excluding hydrogens is 284 g/mol. The molecule has 3 heteroatoms. The molecule has 2 heterocycles. The lowest BCUT2D eigenvalue weighted by Gasteiger charge is -2.39. The number of piperidine rings is 1. The number of aromatic nitrogens is 1. The Morgan fingerprint density at radius 3 is 2.74 bits per heavy atom. The van der Waals surface area contributed by atoms with Crippen LogP contribution in [-0.2, 0) is 6.61 Å². The van der Waals surface area contributed by atoms with Crippen molar-refractivity contribution in [3.63, 3.8) is 0 Å². The Morgan fingerprint density at radius 2 is 1.96 bits per heavy atom. The van der Waals surface area contributed by atoms with E-state index in [-0.39, 0.29) is 0 Å². The SMILES string of the molecule is CC(C)N1CCCCC1c1cccnc1OCc1ccccc1. The molecule has 0 spiro atoms. The van der Waals surface area contributed by atoms with E-state index in [1.54, 1.807) is 0 Å². The molecule has 0 N–H and O–H groups in total. The second-order valence-corrected chi connectivity index (χ2v) is 6.52. The topological polar surface area (TPSA) is 25.4 Å². The van der Waals surface area contributed by atoms with Gasteiger partial charge in [0.2, 0.25) is 5.88 Å². The quantitative estimate of drug-likeness (QED) is 0.807. The maximum atomic E-state index is 6.07. The van der Waals surface area contributed by atoms with Crippen LogP contribution in [0, 0.1) is 0 Å². The summed E-state index contributed by atoms with van der Waals surface area (Å²) in [7, 11) is 0. The van der Waals surface area contributed by atoms with E-state index >= 15 is 0 Å². The molecule has 1 aliphatic rings. The van der Waals surface area contributed by atoms with Crippen molar-refractivity contribution >= 4 is 0 Å². The lowest BCUT2D eigenvalue weighted by atomic mass is 9.94. The lowest BCUT2D eigenvalue weighted by molar-refractivity contribution is 0.108. The highest BCUT2D eigenvalue weighted by atomic mass is 16.5. The zero-order valence-electron chi connectivity index (χ0n) is 14.1. The zero-order valence-corrected chi connectivity index (χ0v) is 14.1. The van der Waals surface area contributed by atoms with Gasteiger partial charge in [-0.3, -0.25) is 4.90 Å². The molecule has 1 atom stereocenters. The standard InChI is InChI=1S/C20H26N2O/c1-16(2)22-14-7-6-12-19(22)18-11-8-13-21-20(18)23-15-17-9-4-3-5-10-17/h3-5,8-11,13,16,19H,6-7,12,14-15H2,1-2H3. The highest BCUT2D eigenvalue weighted by Gasteiger charge is 2.28. The van der Waals surface area contributed by atoms with Crippen molar-refractivity contribution in [2.24, 2.45) is 0 Å². The van der Waals surface area contributed by atoms with Gasteiger partial charge >= 0.3 is 0 Å². The minimum atomic E-state index is 0.420. The Morgan fingerprint density at radius 1 is 1.13 bits per heavy atom. The smallest absolute Gasteiger partial charge is 0.218 e. The van der Waals surface area contributed by atoms with E-state index < -0.39 is 0 Å². The maximum Gasteiger partial charge on any atom is 0.218 e. The Labute approximate surface area is 139 Å². The molecule has 0 amide bonds. The fraction of sp³-hybridized carbons (Fsp3) is 0.450. The fourth-order valence-corrected chi connectivity index (χ4v) is 3.41. The van der Waals surface area contributed by atoms with Gasteiger partial charge in [0, 0.05) is 23.8 Å². The van der Waals surface area contributed by atoms with Gasteiger partial charge in [0.05, 0.1) is 0 Å². The first-order valence-electron chi connectivity index (χ1n) is 8.63. The van der Waals surface area contributed by atoms with Gasteiger partial charge in [-0.2, -0.15) is 0 Å². The van der Waals surface area contributed by atoms with Crippen molar-refractivity contribution in [1.29, 1.82) is 0 Å². The molecule has 3 rings (SSSR count). The van der Waals surface area contributed by atoms with Crippen LogP contribution in [0.5, 0.6) is 5.88 Å². The van der Waals surface area contributed by atoms with Crippen LogP contribution in [0.1, 0.15) is 50.3 Å². The first-order chi connectivity index (χ1) is 11.3. The van der Waals surface area contributed by atoms with Gasteiger partial charge in [0.15, 0.2) is 0 Å². The first kappa shape index (κ1) is 16.0. The summed E-state index contributed by atoms with van der Waals surface area (Å²) >= 11 is 0. The predicted octanol–water partition coefficient (Wildman–Crippen LogP) is 4.60. The molecule has 1 saturated heterocycles. The van der Waals surface area contributed by atoms with E-state index in [0.29, 0.717) is 18.7 Å². The Hall–Kier alpha value is -1.87. The van der Waals surface area contributed by atoms with Crippen molar-refractivity contribution in [3.8, 4) is 5.88 Å². The molecule has 1 aromatic carbocycles. The van der Waals surface area contributed by atoms with Gasteiger partial charge in [-0.1, -0.05) is 42.8 Å². The van der Waals surface area contributed by atoms with Crippen molar-refractivity contribution in [3.05, 3.63) is 59.8 Å². The van der Waals surface area contributed by atoms with Crippen LogP contribution in [0.2, 0.25) is 0 Å². The fourth-order valence-electron chi connectivity index (χ4n) is 3.41. The van der Waals surface area contributed by atoms with Crippen molar-refractivity contribution < 1.29 is 4.74 Å². The van der Waals surface area contributed by atoms with Crippen LogP contribution in [0.4, 0.5) is 0 Å². The van der Waals surface area contributed by atoms with E-state index in [0.717, 1.165) is 12.4 Å². The summed E-state index contributed by atoms with van der Waals surface area (Å²) in [5, 5.41) is 0. The average Bonchev–Trinajstić information content (AvgIpc) is 2.61. The maximum absolute atomic E-state index is 6.07. The Bertz CT molecular complexity index is 612. The number of hydrogen-bond acceptors (Lipinski definition) is 3. The van der Waals surface area contributed by atoms with E-state index in [2.05, 4.69) is 41.9 Å². The molecule has 1 aromatic heterocycles. The normalized spacial score (nSPS) is 19.0. The molecule has 1 fully saturated rings. The highest BCUT2D eigenvalue weighted by molar-refractivity contribution is 5.30. The number of rotatable bonds is 5. The van der Waals surface area contributed by atoms with Gasteiger partial charge in [0.1, 0.15) is 6.61 Å². The van der Waals surface area contributed by atoms with Crippen molar-refractivity contribution in [2.75, 3.05) is 6.54 Å². The van der Waals surface area contributed by atoms with Gasteiger partial charge in [0.25, 0.3) is 0 Å². The summed E-state index contributed by atoms with van der Waals surface area (Å²) in [4.78, 5) is 7.09. The number of ether oxygens (including phenoxy) is 1. The summed E-state index contributed by atoms with van der Waals surface area (Å²) in [6.07, 6.45) is 5.58. The number of nitrogens with zero attached hydrogens (tertiary/aromatic N) is 2. The highest BCUT2D eigenvalue weighted by Crippen LogP contribution is 2.36. The third-order valence-electron chi connectivity index (χ3n) is 4.59. The van der Waals surface area contributed by atoms with Gasteiger partial charge in [-0.25, -0.2) is 4.98 Å². The minimum Gasteiger partial charge on any atom is -0.473 e. The summed E-state index contributed by atoms with van der Waals surface area (Å²) in [6, 6.07) is 15.5. The number of hydrogen-bond donors (Lipinski definition) is 0. The van der Waals surface area contributed by atoms with Crippen LogP contribution >= 0.6 is 0 Å². The molecule has 0 saturated carbocycles. The van der Waals surface area contributed by atoms with E-state index in [1.165, 1.54) is 30.4 Å². The molecular formula is C20H26N2O. The van der Waals surface area contributed by atoms with E-state index in [1.807, 2.05) is 30.5 Å². The van der Waals surface area contributed by atoms with Gasteiger partial charge in [-0.05, 0) is 44.9 Å². The summed E-state index contributed by atoms with van der Waals surface area (Å²) in [5.74, 6) is 0.786. The third kappa shape index (κ3) is 3.91. The predicted molar refractivity (Wildman–Crippen MR) is 93.4 cm³/mol. The van der Waals surface area contributed by atoms with Gasteiger partial charge < -0.3 is 4.74 Å². The number of likely N-dealkylation sites (tertiary alicyclic amines) is 1. The summed E-state index contributed by atoms with van der Waals surface area (Å²) in [5.41, 5.74) is 2.41. The molecule has 23 heavy (non-hydrogen) atoms. The summed E-state index contributed by atoms with van der Waals surface area (Å²) < 4.78 is 6.07. The van der Waals surface area contributed by atoms with Gasteiger partial charge in [-0.15, -0.1) is 0 Å². The zero-order chi connectivity index (χ0) is 16.1. The van der Waals surface area contributed by atoms with Crippen LogP contribution in [-0.4, -0.2) is 22.5 Å². The monoisotopic (exact) mass is 310 g/mol. The molecule has 0 bridgehead atoms. The second kappa shape index (κ2) is 7.60. The Kier molecular flexibility index (Phi) is 5.29. The summed E-state index contributed by atoms with van der Waals surface area (Å²) in [6.45, 7) is 6.28. The van der Waals surface area contributed by atoms with E-state index in [9.17, 15) is 0 Å². The molecule has 0 radical (unpaired) electrons. The lowest BCUT2D eigenvalue weighted by Crippen LogP contribution is -2.38. The molecule has 2 aromatic rings. The van der Waals surface area contributed by atoms with E-state index in [4.69, 9.17) is 4.74 Å². The van der Waals surface area contributed by atoms with Crippen LogP contribution < -0.4 is 4.74 Å². The molecule has 3 nitrogen and oxygen atoms in total. The minimum absolute atomic E-state index is 0.420. The molecule has 122 valence electrons. The van der Waals surface area contributed by atoms with Crippen LogP contribution in [0.3, 0.4) is 0 Å². The molecule has 1 unspecified atom stereocenters. The Balaban J connectivity index is 1.79. The average molecular weight is 310 g/mol. The van der Waals surface area contributed by atoms with Crippen LogP contribution in [0.25, 0.3) is 0 Å². The largest absolute Gasteiger partial charge is 0.473 e. The third-order valence-corrected chi connectivity index (χ3v) is 4.59. The molecule has 0 aliphatic carbocycles. The van der Waals surface area contributed by atoms with Crippen LogP contribution in [0.15, 0.2) is 48.7 Å². The second-order valence-electron chi connectivity index (χ2n) is 6.52. The van der Waals surface area contributed by atoms with Crippen molar-refractivity contribution in [2.45, 2.75) is 51.8 Å². The number of benzene rings is 1. The first-order valence-corrected chi connectivity index (χ1v) is 8.63. The number of pyridine rings is 1. The van der Waals surface area contributed by atoms with Crippen molar-refractivity contribution in [1.82, 2.24) is 9.88 Å².